The molecule has 14 aromatic carbocycles. The fourth-order valence-corrected chi connectivity index (χ4v) is 39.3. The number of aromatic nitrogens is 7. The van der Waals surface area contributed by atoms with Crippen molar-refractivity contribution in [2.24, 2.45) is 17.8 Å². The summed E-state index contributed by atoms with van der Waals surface area (Å²) in [4.78, 5) is 27.8. The zero-order valence-corrected chi connectivity index (χ0v) is 100. The Morgan fingerprint density at radius 1 is 0.287 bits per heavy atom. The second-order valence-electron chi connectivity index (χ2n) is 41.3. The maximum absolute atomic E-state index is 5.10. The quantitative estimate of drug-likeness (QED) is 0.0527. The molecular weight excluding hydrogens is 2440 g/mol. The fourth-order valence-electron chi connectivity index (χ4n) is 21.6. The Balaban J connectivity index is 0.000000143. The van der Waals surface area contributed by atoms with E-state index in [0.29, 0.717) is 17.8 Å². The van der Waals surface area contributed by atoms with Crippen LogP contribution in [0.2, 0.25) is 51.9 Å². The second kappa shape index (κ2) is 50.6. The van der Waals surface area contributed by atoms with Gasteiger partial charge < -0.3 is 34.5 Å². The van der Waals surface area contributed by atoms with Crippen LogP contribution in [0.4, 0.5) is 0 Å². The number of pyridine rings is 6. The number of fused-ring (bicyclic) bond motifs is 9. The van der Waals surface area contributed by atoms with Gasteiger partial charge >= 0.3 is 0 Å². The predicted molar refractivity (Wildman–Crippen MR) is 635 cm³/mol. The minimum Gasteiger partial charge on any atom is -0.381 e. The number of hydrogen-bond acceptors (Lipinski definition) is 6. The monoisotopic (exact) mass is 2560 g/mol. The molecule has 1 atom stereocenters. The molecule has 0 N–H and O–H groups in total. The molecule has 0 fully saturated rings. The fraction of sp³-hybridized carbons (Fsp3) is 0.156. The molecule has 2 aliphatic rings. The van der Waals surface area contributed by atoms with Crippen LogP contribution in [0.5, 0.6) is 0 Å². The molecular formula is C135H127Ir3N7Si5-6. The molecule has 3 radical (unpaired) electrons. The molecule has 2 aliphatic heterocycles. The number of nitrogens with zero attached hydrogens (tertiary/aromatic N) is 7. The third-order valence-electron chi connectivity index (χ3n) is 28.9. The topological polar surface area (TPSA) is 82.3 Å². The third kappa shape index (κ3) is 24.5. The standard InChI is InChI=1S/C40H36NSi2.C31H33N2Si.C31H34NSi2.3C11H8N.3Ir/c1-30(2)29-42(3,32-15-7-4-8-16-32)35-24-25-38(41-28-35)31-23-26-40-37(27-31)36-21-13-14-22-39(36)43(40,33-17-9-5-10-18-33)34-19-11-6-12-20-34;1-6-33-29-15-11-10-14-26(29)27-19-23(16-17-30(27)33)28-20-24(18-22(2)3)31(21-32-28)34(4,5)25-12-8-7-9-13-25;1-22(2)18-24-20-28(32-21-31(24)33(3,4)25-12-8-7-9-13-25)23-16-17-30-27(19-23)26-14-10-11-15-29(26)34(30,5)6;3*1-2-6-10(7-3-1)11-8-4-5-9-12-11;;;/h4-22,24-28,30H,29H2,1-3H3;7-15,17,19-22H,6,18H2,1-5H3;7-15,17,19-22H,18H2,1-6H3;3*1-6,8-9H;;;/q6*-1;;;. The normalized spacial score (nSPS) is 12.5. The molecule has 0 amide bonds. The van der Waals surface area contributed by atoms with E-state index in [1.165, 1.54) is 123 Å². The first kappa shape index (κ1) is 111. The van der Waals surface area contributed by atoms with Gasteiger partial charge in [-0.15, -0.1) is 189 Å². The molecule has 21 aromatic rings. The van der Waals surface area contributed by atoms with Crippen molar-refractivity contribution in [3.8, 4) is 89.8 Å². The predicted octanol–water partition coefficient (Wildman–Crippen LogP) is 25.5. The molecule has 0 aliphatic carbocycles. The Bertz CT molecular complexity index is 7630. The summed E-state index contributed by atoms with van der Waals surface area (Å²) in [6.07, 6.45) is 14.0. The van der Waals surface area contributed by atoms with Gasteiger partial charge in [-0.3, -0.25) is 0 Å². The number of aryl methyl sites for hydroxylation is 1. The summed E-state index contributed by atoms with van der Waals surface area (Å²) >= 11 is 0. The number of rotatable bonds is 21. The molecule has 0 spiro atoms. The van der Waals surface area contributed by atoms with E-state index >= 15 is 0 Å². The van der Waals surface area contributed by atoms with Crippen LogP contribution in [0.15, 0.2) is 450 Å². The zero-order chi connectivity index (χ0) is 102. The number of benzene rings is 14. The smallest absolute Gasteiger partial charge is 0.136 e. The number of hydrogen-bond donors (Lipinski definition) is 0. The molecule has 15 heteroatoms. The molecule has 0 bridgehead atoms. The van der Waals surface area contributed by atoms with E-state index in [2.05, 4.69) is 454 Å². The molecule has 755 valence electrons. The molecule has 0 saturated carbocycles. The first-order valence-corrected chi connectivity index (χ1v) is 65.3. The van der Waals surface area contributed by atoms with Gasteiger partial charge in [-0.2, -0.15) is 0 Å². The minimum atomic E-state index is -2.48. The van der Waals surface area contributed by atoms with Crippen molar-refractivity contribution in [3.63, 3.8) is 0 Å². The van der Waals surface area contributed by atoms with Crippen molar-refractivity contribution < 1.29 is 60.3 Å². The SMILES string of the molecule is CC(C)C[Si](C)(c1ccccc1)c1ccc(-c2[c-]cc3c(c2)-c2ccccc2[Si]3(c2ccccc2)c2ccccc2)nc1.CC(C)Cc1cc(-c2[c-]cc3c(c2)-c2ccccc2[Si]3(C)C)ncc1[Si](C)(C)c1ccccc1.CCn1c2c[c-]c(-c3cc(CC(C)C)c([Si](C)(C)c4ccccc4)cn3)cc2c2ccccc21.[Ir].[Ir].[Ir].[c-]1ccccc1-c1ccccn1.[c-]1ccccc1-c1ccccn1.[c-]1ccccc1-c1ccccn1. The van der Waals surface area contributed by atoms with Crippen LogP contribution in [0.3, 0.4) is 0 Å². The van der Waals surface area contributed by atoms with Crippen LogP contribution in [0.25, 0.3) is 112 Å². The maximum Gasteiger partial charge on any atom is 0.136 e. The number of para-hydroxylation sites is 1. The van der Waals surface area contributed by atoms with Crippen LogP contribution in [-0.4, -0.2) is 74.8 Å². The second-order valence-corrected chi connectivity index (χ2v) is 62.3. The average molecular weight is 2560 g/mol. The molecule has 1 unspecified atom stereocenters. The van der Waals surface area contributed by atoms with Gasteiger partial charge in [-0.05, 0) is 145 Å². The van der Waals surface area contributed by atoms with Gasteiger partial charge in [-0.1, -0.05) is 425 Å². The van der Waals surface area contributed by atoms with Crippen molar-refractivity contribution in [3.05, 3.63) is 497 Å². The summed E-state index contributed by atoms with van der Waals surface area (Å²) in [5.74, 6) is 1.81. The average Bonchev–Trinajstić information content (AvgIpc) is 1.53. The van der Waals surface area contributed by atoms with Gasteiger partial charge in [0.15, 0.2) is 0 Å². The molecule has 0 saturated heterocycles. The first-order chi connectivity index (χ1) is 71.5. The zero-order valence-electron chi connectivity index (χ0n) is 87.9. The van der Waals surface area contributed by atoms with Gasteiger partial charge in [0.05, 0.1) is 8.07 Å². The van der Waals surface area contributed by atoms with Gasteiger partial charge in [-0.25, -0.2) is 0 Å². The minimum absolute atomic E-state index is 0. The Morgan fingerprint density at radius 2 is 0.667 bits per heavy atom. The Labute approximate surface area is 935 Å². The van der Waals surface area contributed by atoms with Crippen LogP contribution < -0.4 is 62.2 Å². The van der Waals surface area contributed by atoms with E-state index < -0.39 is 40.4 Å². The largest absolute Gasteiger partial charge is 0.381 e. The van der Waals surface area contributed by atoms with E-state index in [9.17, 15) is 0 Å². The Hall–Kier alpha value is -13.2. The van der Waals surface area contributed by atoms with Crippen molar-refractivity contribution in [1.82, 2.24) is 34.5 Å². The molecule has 23 rings (SSSR count). The summed E-state index contributed by atoms with van der Waals surface area (Å²) < 4.78 is 2.37. The molecule has 7 aromatic heterocycles. The van der Waals surface area contributed by atoms with Crippen LogP contribution in [-0.2, 0) is 79.7 Å². The van der Waals surface area contributed by atoms with E-state index in [0.717, 1.165) is 86.9 Å². The molecule has 150 heavy (non-hydrogen) atoms. The Kier molecular flexibility index (Phi) is 37.4. The van der Waals surface area contributed by atoms with Gasteiger partial charge in [0.1, 0.15) is 32.3 Å². The summed E-state index contributed by atoms with van der Waals surface area (Å²) in [5.41, 5.74) is 23.2. The van der Waals surface area contributed by atoms with E-state index in [1.54, 1.807) is 18.6 Å². The Morgan fingerprint density at radius 3 is 1.10 bits per heavy atom. The van der Waals surface area contributed by atoms with Crippen molar-refractivity contribution in [2.75, 3.05) is 0 Å². The van der Waals surface area contributed by atoms with Gasteiger partial charge in [0.25, 0.3) is 0 Å². The van der Waals surface area contributed by atoms with E-state index in [1.807, 2.05) is 127 Å². The first-order valence-electron chi connectivity index (χ1n) is 51.6. The van der Waals surface area contributed by atoms with Crippen molar-refractivity contribution >= 4 is 124 Å². The van der Waals surface area contributed by atoms with E-state index in [-0.39, 0.29) is 60.3 Å². The van der Waals surface area contributed by atoms with Crippen LogP contribution in [0, 0.1) is 54.2 Å². The van der Waals surface area contributed by atoms with Crippen LogP contribution >= 0.6 is 0 Å². The maximum atomic E-state index is 5.10. The third-order valence-corrected chi connectivity index (χ3v) is 49.3. The molecule has 9 heterocycles. The van der Waals surface area contributed by atoms with Crippen molar-refractivity contribution in [1.29, 1.82) is 0 Å². The van der Waals surface area contributed by atoms with Crippen molar-refractivity contribution in [2.45, 2.75) is 120 Å². The molecule has 7 nitrogen and oxygen atoms in total. The summed E-state index contributed by atoms with van der Waals surface area (Å²) in [7, 11) is -9.74. The summed E-state index contributed by atoms with van der Waals surface area (Å²) in [5, 5.41) is 20.0. The van der Waals surface area contributed by atoms with E-state index in [4.69, 9.17) is 15.0 Å². The summed E-state index contributed by atoms with van der Waals surface area (Å²) in [6, 6.07) is 168. The van der Waals surface area contributed by atoms with Gasteiger partial charge in [0, 0.05) is 110 Å². The van der Waals surface area contributed by atoms with Crippen LogP contribution in [0.1, 0.15) is 59.6 Å². The summed E-state index contributed by atoms with van der Waals surface area (Å²) in [6.45, 7) is 34.3. The van der Waals surface area contributed by atoms with Gasteiger partial charge in [0.2, 0.25) is 0 Å².